The topological polar surface area (TPSA) is 109 Å². The van der Waals surface area contributed by atoms with Gasteiger partial charge < -0.3 is 25.2 Å². The molecule has 1 atom stereocenters. The largest absolute Gasteiger partial charge is 0.462 e. The number of amides is 3. The maximum Gasteiger partial charge on any atom is 0.341 e. The van der Waals surface area contributed by atoms with Crippen LogP contribution in [0.5, 0.6) is 0 Å². The highest BCUT2D eigenvalue weighted by atomic mass is 32.1. The summed E-state index contributed by atoms with van der Waals surface area (Å²) in [7, 11) is 3.24. The van der Waals surface area contributed by atoms with Crippen LogP contribution in [0.15, 0.2) is 0 Å². The van der Waals surface area contributed by atoms with Crippen LogP contribution in [0.1, 0.15) is 32.5 Å². The Morgan fingerprint density at radius 1 is 1.33 bits per heavy atom. The Morgan fingerprint density at radius 2 is 2.04 bits per heavy atom. The number of ether oxygens (including phenoxy) is 1. The number of thiophene rings is 1. The molecule has 1 fully saturated rings. The summed E-state index contributed by atoms with van der Waals surface area (Å²) in [6.07, 6.45) is 0. The number of hydrogen-bond acceptors (Lipinski definition) is 6. The minimum Gasteiger partial charge on any atom is -0.462 e. The summed E-state index contributed by atoms with van der Waals surface area (Å²) in [6, 6.07) is 0. The third-order valence-electron chi connectivity index (χ3n) is 4.10. The quantitative estimate of drug-likeness (QED) is 0.528. The molecule has 1 aromatic rings. The summed E-state index contributed by atoms with van der Waals surface area (Å²) < 4.78 is 5.08. The van der Waals surface area contributed by atoms with Crippen molar-refractivity contribution in [2.75, 3.05) is 52.2 Å². The van der Waals surface area contributed by atoms with E-state index in [1.807, 2.05) is 0 Å². The fourth-order valence-corrected chi connectivity index (χ4v) is 4.00. The van der Waals surface area contributed by atoms with Crippen molar-refractivity contribution in [2.24, 2.45) is 0 Å². The van der Waals surface area contributed by atoms with Crippen LogP contribution in [0.4, 0.5) is 5.00 Å². The van der Waals surface area contributed by atoms with Gasteiger partial charge in [-0.2, -0.15) is 0 Å². The van der Waals surface area contributed by atoms with Crippen LogP contribution in [0, 0.1) is 6.92 Å². The normalized spacial score (nSPS) is 16.4. The highest BCUT2D eigenvalue weighted by Crippen LogP contribution is 2.34. The van der Waals surface area contributed by atoms with E-state index in [9.17, 15) is 19.2 Å². The molecule has 3 amide bonds. The number of nitrogens with one attached hydrogen (secondary N) is 3. The molecule has 2 heterocycles. The summed E-state index contributed by atoms with van der Waals surface area (Å²) in [4.78, 5) is 51.3. The zero-order valence-corrected chi connectivity index (χ0v) is 16.7. The lowest BCUT2D eigenvalue weighted by atomic mass is 10.1. The Labute approximate surface area is 161 Å². The van der Waals surface area contributed by atoms with Crippen LogP contribution < -0.4 is 15.5 Å². The van der Waals surface area contributed by atoms with E-state index < -0.39 is 5.97 Å². The van der Waals surface area contributed by atoms with E-state index >= 15 is 0 Å². The number of hydrogen-bond donors (Lipinski definition) is 3. The van der Waals surface area contributed by atoms with Crippen LogP contribution in [0.3, 0.4) is 0 Å². The lowest BCUT2D eigenvalue weighted by Gasteiger charge is -2.22. The third kappa shape index (κ3) is 5.04. The Bertz CT molecular complexity index is 759. The van der Waals surface area contributed by atoms with E-state index in [1.165, 1.54) is 4.90 Å². The van der Waals surface area contributed by atoms with Gasteiger partial charge in [-0.25, -0.2) is 4.79 Å². The van der Waals surface area contributed by atoms with E-state index in [2.05, 4.69) is 10.6 Å². The lowest BCUT2D eigenvalue weighted by Crippen LogP contribution is -3.16. The number of piperazine rings is 1. The zero-order chi connectivity index (χ0) is 20.1. The molecule has 27 heavy (non-hydrogen) atoms. The maximum absolute atomic E-state index is 12.4. The van der Waals surface area contributed by atoms with Gasteiger partial charge in [-0.05, 0) is 19.4 Å². The van der Waals surface area contributed by atoms with Crippen molar-refractivity contribution >= 4 is 40.0 Å². The van der Waals surface area contributed by atoms with Crippen LogP contribution in [0.25, 0.3) is 0 Å². The van der Waals surface area contributed by atoms with Gasteiger partial charge in [0, 0.05) is 14.1 Å². The molecular weight excluding hydrogens is 372 g/mol. The van der Waals surface area contributed by atoms with Crippen molar-refractivity contribution < 1.29 is 28.8 Å². The molecule has 1 saturated heterocycles. The van der Waals surface area contributed by atoms with E-state index in [-0.39, 0.29) is 43.0 Å². The number of esters is 1. The highest BCUT2D eigenvalue weighted by molar-refractivity contribution is 7.18. The van der Waals surface area contributed by atoms with E-state index in [4.69, 9.17) is 4.74 Å². The van der Waals surface area contributed by atoms with Crippen LogP contribution in [-0.2, 0) is 14.3 Å². The van der Waals surface area contributed by atoms with Crippen molar-refractivity contribution in [3.63, 3.8) is 0 Å². The Kier molecular flexibility index (Phi) is 6.92. The smallest absolute Gasteiger partial charge is 0.341 e. The number of rotatable bonds is 6. The average Bonchev–Trinajstić information content (AvgIpc) is 2.90. The summed E-state index contributed by atoms with van der Waals surface area (Å²) in [5.41, 5.74) is 0.684. The average molecular weight is 397 g/mol. The van der Waals surface area contributed by atoms with E-state index in [1.54, 1.807) is 27.9 Å². The molecule has 3 N–H and O–H groups in total. The fourth-order valence-electron chi connectivity index (χ4n) is 2.76. The summed E-state index contributed by atoms with van der Waals surface area (Å²) in [5.74, 6) is -1.25. The maximum atomic E-state index is 12.4. The molecule has 2 rings (SSSR count). The van der Waals surface area contributed by atoms with E-state index in [0.717, 1.165) is 16.2 Å². The lowest BCUT2D eigenvalue weighted by molar-refractivity contribution is -0.885. The van der Waals surface area contributed by atoms with Crippen molar-refractivity contribution in [1.29, 1.82) is 0 Å². The predicted octanol–water partition coefficient (Wildman–Crippen LogP) is -1.11. The van der Waals surface area contributed by atoms with Crippen LogP contribution in [-0.4, -0.2) is 75.5 Å². The van der Waals surface area contributed by atoms with Crippen LogP contribution in [0.2, 0.25) is 0 Å². The molecule has 0 radical (unpaired) electrons. The second-order valence-electron chi connectivity index (χ2n) is 6.43. The molecule has 1 unspecified atom stereocenters. The molecule has 0 bridgehead atoms. The van der Waals surface area contributed by atoms with Crippen molar-refractivity contribution in [2.45, 2.75) is 13.8 Å². The summed E-state index contributed by atoms with van der Waals surface area (Å²) >= 11 is 1.06. The van der Waals surface area contributed by atoms with Gasteiger partial charge in [0.05, 0.1) is 30.1 Å². The van der Waals surface area contributed by atoms with Gasteiger partial charge in [0.2, 0.25) is 0 Å². The fraction of sp³-hybridized carbons (Fsp3) is 0.529. The predicted molar refractivity (Wildman–Crippen MR) is 100 cm³/mol. The number of anilines is 1. The number of nitrogens with zero attached hydrogens (tertiary/aromatic N) is 1. The van der Waals surface area contributed by atoms with Crippen molar-refractivity contribution in [3.05, 3.63) is 16.0 Å². The highest BCUT2D eigenvalue weighted by Gasteiger charge is 2.28. The van der Waals surface area contributed by atoms with E-state index in [0.29, 0.717) is 28.5 Å². The Balaban J connectivity index is 2.24. The van der Waals surface area contributed by atoms with Crippen molar-refractivity contribution in [1.82, 2.24) is 10.2 Å². The molecule has 0 saturated carbocycles. The first kappa shape index (κ1) is 20.8. The standard InChI is InChI=1S/C17H24N4O5S/c1-5-26-17(25)13-10(2)14(16(24)20(3)4)27-15(13)19-12(23)9-21-7-6-18-11(22)8-21/h5-9H2,1-4H3,(H,18,22)(H,19,23)/p+1. The third-order valence-corrected chi connectivity index (χ3v) is 5.30. The number of carbonyl (C=O) groups is 4. The first-order valence-electron chi connectivity index (χ1n) is 8.66. The molecule has 148 valence electrons. The molecule has 1 aromatic heterocycles. The molecule has 1 aliphatic rings. The van der Waals surface area contributed by atoms with Crippen LogP contribution >= 0.6 is 11.3 Å². The van der Waals surface area contributed by atoms with Gasteiger partial charge in [-0.1, -0.05) is 0 Å². The molecule has 0 aromatic carbocycles. The second kappa shape index (κ2) is 8.96. The molecule has 0 aliphatic carbocycles. The Hall–Kier alpha value is -2.46. The monoisotopic (exact) mass is 397 g/mol. The molecular formula is C17H25N4O5S+. The zero-order valence-electron chi connectivity index (χ0n) is 15.9. The van der Waals surface area contributed by atoms with Crippen molar-refractivity contribution in [3.8, 4) is 0 Å². The first-order valence-corrected chi connectivity index (χ1v) is 9.48. The minimum atomic E-state index is -0.580. The molecule has 9 nitrogen and oxygen atoms in total. The van der Waals surface area contributed by atoms with Gasteiger partial charge in [0.15, 0.2) is 13.1 Å². The van der Waals surface area contributed by atoms with Gasteiger partial charge in [0.25, 0.3) is 17.7 Å². The van der Waals surface area contributed by atoms with Gasteiger partial charge in [-0.15, -0.1) is 11.3 Å². The molecule has 1 aliphatic heterocycles. The Morgan fingerprint density at radius 3 is 2.63 bits per heavy atom. The number of quaternary nitrogens is 1. The molecule has 0 spiro atoms. The first-order chi connectivity index (χ1) is 12.7. The van der Waals surface area contributed by atoms with Gasteiger partial charge in [-0.3, -0.25) is 14.4 Å². The minimum absolute atomic E-state index is 0.0953. The van der Waals surface area contributed by atoms with Gasteiger partial charge >= 0.3 is 5.97 Å². The SMILES string of the molecule is CCOC(=O)c1c(NC(=O)C[NH+]2CCNC(=O)C2)sc(C(=O)N(C)C)c1C. The summed E-state index contributed by atoms with van der Waals surface area (Å²) in [5, 5.41) is 5.73. The number of carbonyl (C=O) groups excluding carboxylic acids is 4. The second-order valence-corrected chi connectivity index (χ2v) is 7.45. The summed E-state index contributed by atoms with van der Waals surface area (Å²) in [6.45, 7) is 5.04. The molecule has 10 heteroatoms. The van der Waals surface area contributed by atoms with Gasteiger partial charge in [0.1, 0.15) is 5.00 Å².